The molecule has 6 heteroatoms. The minimum absolute atomic E-state index is 0.0449. The zero-order valence-electron chi connectivity index (χ0n) is 16.9. The van der Waals surface area contributed by atoms with E-state index < -0.39 is 28.6 Å². The van der Waals surface area contributed by atoms with E-state index in [4.69, 9.17) is 9.47 Å². The van der Waals surface area contributed by atoms with Crippen molar-refractivity contribution in [1.82, 2.24) is 0 Å². The summed E-state index contributed by atoms with van der Waals surface area (Å²) in [6, 6.07) is 0. The Hall–Kier alpha value is -2.08. The van der Waals surface area contributed by atoms with Crippen molar-refractivity contribution in [2.24, 2.45) is 22.7 Å². The van der Waals surface area contributed by atoms with Crippen LogP contribution in [0.4, 0.5) is 4.39 Å². The molecule has 1 aliphatic heterocycles. The third-order valence-corrected chi connectivity index (χ3v) is 8.21. The molecule has 0 bridgehead atoms. The first-order valence-electron chi connectivity index (χ1n) is 10.3. The smallest absolute Gasteiger partial charge is 0.303 e. The summed E-state index contributed by atoms with van der Waals surface area (Å²) < 4.78 is 26.6. The monoisotopic (exact) mass is 400 g/mol. The molecule has 4 aliphatic carbocycles. The Morgan fingerprint density at radius 3 is 2.79 bits per heavy atom. The fraction of sp³-hybridized carbons (Fsp3) is 0.609. The summed E-state index contributed by atoms with van der Waals surface area (Å²) in [5.41, 5.74) is -0.350. The molecule has 0 radical (unpaired) electrons. The Bertz CT molecular complexity index is 932. The number of rotatable bonds is 3. The van der Waals surface area contributed by atoms with E-state index in [1.54, 1.807) is 0 Å². The van der Waals surface area contributed by atoms with Crippen LogP contribution in [0, 0.1) is 22.7 Å². The predicted octanol–water partition coefficient (Wildman–Crippen LogP) is 3.04. The Kier molecular flexibility index (Phi) is 3.75. The van der Waals surface area contributed by atoms with Crippen molar-refractivity contribution in [3.63, 3.8) is 0 Å². The molecule has 0 aromatic carbocycles. The van der Waals surface area contributed by atoms with Crippen LogP contribution in [0.5, 0.6) is 0 Å². The van der Waals surface area contributed by atoms with E-state index in [1.807, 2.05) is 19.1 Å². The Balaban J connectivity index is 1.49. The number of carbonyl (C=O) groups excluding carboxylic acids is 3. The van der Waals surface area contributed by atoms with Crippen LogP contribution < -0.4 is 0 Å². The molecular weight excluding hydrogens is 375 g/mol. The molecule has 1 unspecified atom stereocenters. The molecule has 5 nitrogen and oxygen atoms in total. The number of carbonyl (C=O) groups is 3. The van der Waals surface area contributed by atoms with Crippen molar-refractivity contribution in [2.45, 2.75) is 57.9 Å². The van der Waals surface area contributed by atoms with Crippen molar-refractivity contribution in [3.8, 4) is 0 Å². The molecule has 3 fully saturated rings. The molecule has 5 aliphatic rings. The molecule has 5 rings (SSSR count). The molecule has 29 heavy (non-hydrogen) atoms. The van der Waals surface area contributed by atoms with Gasteiger partial charge in [0.25, 0.3) is 0 Å². The van der Waals surface area contributed by atoms with Gasteiger partial charge in [-0.1, -0.05) is 19.1 Å². The number of hydrogen-bond acceptors (Lipinski definition) is 5. The zero-order chi connectivity index (χ0) is 20.8. The van der Waals surface area contributed by atoms with Gasteiger partial charge in [-0.3, -0.25) is 14.4 Å². The summed E-state index contributed by atoms with van der Waals surface area (Å²) in [4.78, 5) is 35.8. The average molecular weight is 400 g/mol. The highest BCUT2D eigenvalue weighted by molar-refractivity contribution is 6.01. The van der Waals surface area contributed by atoms with E-state index in [2.05, 4.69) is 6.92 Å². The fourth-order valence-corrected chi connectivity index (χ4v) is 6.89. The second kappa shape index (κ2) is 5.75. The maximum atomic E-state index is 15.3. The van der Waals surface area contributed by atoms with Crippen LogP contribution in [-0.2, 0) is 23.9 Å². The van der Waals surface area contributed by atoms with Crippen LogP contribution in [-0.4, -0.2) is 42.0 Å². The predicted molar refractivity (Wildman–Crippen MR) is 101 cm³/mol. The summed E-state index contributed by atoms with van der Waals surface area (Å²) in [5.74, 6) is -0.795. The van der Waals surface area contributed by atoms with Crippen molar-refractivity contribution in [1.29, 1.82) is 0 Å². The van der Waals surface area contributed by atoms with E-state index in [-0.39, 0.29) is 36.1 Å². The Morgan fingerprint density at radius 2 is 2.07 bits per heavy atom. The Labute approximate surface area is 169 Å². The molecule has 2 saturated carbocycles. The molecule has 1 saturated heterocycles. The van der Waals surface area contributed by atoms with Crippen molar-refractivity contribution < 1.29 is 28.2 Å². The lowest BCUT2D eigenvalue weighted by atomic mass is 9.47. The Morgan fingerprint density at radius 1 is 1.31 bits per heavy atom. The lowest BCUT2D eigenvalue weighted by Crippen LogP contribution is -2.59. The van der Waals surface area contributed by atoms with Gasteiger partial charge in [-0.25, -0.2) is 4.39 Å². The summed E-state index contributed by atoms with van der Waals surface area (Å²) in [6.45, 7) is 5.07. The van der Waals surface area contributed by atoms with Crippen LogP contribution in [0.3, 0.4) is 0 Å². The summed E-state index contributed by atoms with van der Waals surface area (Å²) in [7, 11) is 0. The van der Waals surface area contributed by atoms with Gasteiger partial charge in [0.2, 0.25) is 0 Å². The summed E-state index contributed by atoms with van der Waals surface area (Å²) in [5, 5.41) is 0. The first-order valence-corrected chi connectivity index (χ1v) is 10.3. The lowest BCUT2D eigenvalue weighted by Gasteiger charge is -2.54. The highest BCUT2D eigenvalue weighted by Gasteiger charge is 2.79. The molecule has 0 aromatic rings. The number of hydrogen-bond donors (Lipinski definition) is 0. The molecule has 1 heterocycles. The van der Waals surface area contributed by atoms with Gasteiger partial charge in [-0.15, -0.1) is 0 Å². The fourth-order valence-electron chi connectivity index (χ4n) is 6.89. The second-order valence-electron chi connectivity index (χ2n) is 9.53. The number of ketones is 2. The summed E-state index contributed by atoms with van der Waals surface area (Å²) in [6.07, 6.45) is 7.14. The van der Waals surface area contributed by atoms with Gasteiger partial charge in [-0.05, 0) is 55.7 Å². The van der Waals surface area contributed by atoms with Gasteiger partial charge in [0, 0.05) is 23.3 Å². The number of ether oxygens (including phenoxy) is 2. The number of esters is 1. The minimum atomic E-state index is -1.20. The van der Waals surface area contributed by atoms with Gasteiger partial charge in [0.1, 0.15) is 11.8 Å². The first-order chi connectivity index (χ1) is 13.6. The van der Waals surface area contributed by atoms with E-state index >= 15 is 4.39 Å². The van der Waals surface area contributed by atoms with Crippen LogP contribution >= 0.6 is 0 Å². The van der Waals surface area contributed by atoms with E-state index in [9.17, 15) is 14.4 Å². The van der Waals surface area contributed by atoms with Gasteiger partial charge >= 0.3 is 5.97 Å². The van der Waals surface area contributed by atoms with Crippen molar-refractivity contribution >= 4 is 17.5 Å². The number of epoxide rings is 1. The normalized spacial score (nSPS) is 46.6. The van der Waals surface area contributed by atoms with Gasteiger partial charge in [0.05, 0.1) is 6.10 Å². The largest absolute Gasteiger partial charge is 0.457 e. The standard InChI is InChI=1S/C23H25FO5/c1-12(25)28-11-19(27)15-5-4-14-16-9-18(24)17-8-13(26)6-7-22(17,3)23(16)20(29-23)10-21(14,15)2/h5-8,14,16,18,20H,4,9-11H2,1-3H3/t14-,16?,18-,20-,21+,22+,23-/m1/s1. The molecule has 1 spiro atoms. The van der Waals surface area contributed by atoms with Gasteiger partial charge in [-0.2, -0.15) is 0 Å². The van der Waals surface area contributed by atoms with E-state index in [0.717, 1.165) is 0 Å². The second-order valence-corrected chi connectivity index (χ2v) is 9.53. The number of Topliss-reactive ketones (excluding diaryl/α,β-unsaturated/α-hetero) is 1. The lowest BCUT2D eigenvalue weighted by molar-refractivity contribution is -0.145. The van der Waals surface area contributed by atoms with Crippen molar-refractivity contribution in [3.05, 3.63) is 35.5 Å². The van der Waals surface area contributed by atoms with Gasteiger partial charge in [0.15, 0.2) is 18.2 Å². The topological polar surface area (TPSA) is 73.0 Å². The van der Waals surface area contributed by atoms with Gasteiger partial charge < -0.3 is 9.47 Å². The minimum Gasteiger partial charge on any atom is -0.457 e. The average Bonchev–Trinajstić information content (AvgIpc) is 3.27. The number of allylic oxidation sites excluding steroid dienone is 3. The highest BCUT2D eigenvalue weighted by Crippen LogP contribution is 2.74. The van der Waals surface area contributed by atoms with Crippen LogP contribution in [0.25, 0.3) is 0 Å². The first kappa shape index (κ1) is 18.9. The molecule has 154 valence electrons. The quantitative estimate of drug-likeness (QED) is 0.538. The summed E-state index contributed by atoms with van der Waals surface area (Å²) >= 11 is 0. The zero-order valence-corrected chi connectivity index (χ0v) is 16.9. The molecule has 0 N–H and O–H groups in total. The van der Waals surface area contributed by atoms with E-state index in [1.165, 1.54) is 19.1 Å². The van der Waals surface area contributed by atoms with Crippen LogP contribution in [0.15, 0.2) is 35.5 Å². The third kappa shape index (κ3) is 2.26. The number of fused-ring (bicyclic) bond motifs is 3. The molecule has 0 amide bonds. The number of alkyl halides is 1. The molecule has 0 aromatic heterocycles. The third-order valence-electron chi connectivity index (χ3n) is 8.21. The maximum Gasteiger partial charge on any atom is 0.303 e. The van der Waals surface area contributed by atoms with E-state index in [0.29, 0.717) is 30.4 Å². The van der Waals surface area contributed by atoms with Crippen molar-refractivity contribution in [2.75, 3.05) is 6.61 Å². The number of halogens is 1. The SMILES string of the molecule is CC(=O)OCC(=O)C1=CC[C@@H]2C3C[C@@H](F)C4=CC(=O)C=C[C@]4(C)[C@@]34O[C@@H]4C[C@]12C. The molecular formula is C23H25FO5. The molecule has 7 atom stereocenters. The van der Waals surface area contributed by atoms with Crippen LogP contribution in [0.2, 0.25) is 0 Å². The highest BCUT2D eigenvalue weighted by atomic mass is 19.1. The van der Waals surface area contributed by atoms with Crippen LogP contribution in [0.1, 0.15) is 40.0 Å². The maximum absolute atomic E-state index is 15.3.